The fourth-order valence-corrected chi connectivity index (χ4v) is 2.61. The molecule has 1 rings (SSSR count). The molecule has 0 saturated carbocycles. The molecule has 0 fully saturated rings. The first-order valence-electron chi connectivity index (χ1n) is 3.63. The summed E-state index contributed by atoms with van der Waals surface area (Å²) in [4.78, 5) is 13.8. The van der Waals surface area contributed by atoms with E-state index in [-0.39, 0.29) is 5.91 Å². The van der Waals surface area contributed by atoms with Crippen LogP contribution in [0.5, 0.6) is 0 Å². The fourth-order valence-electron chi connectivity index (χ4n) is 0.813. The number of likely N-dealkylation sites (N-methyl/N-ethyl adjacent to an activating group) is 1. The maximum atomic E-state index is 11.4. The molecule has 0 aliphatic carbocycles. The van der Waals surface area contributed by atoms with Gasteiger partial charge in [0.15, 0.2) is 0 Å². The zero-order valence-corrected chi connectivity index (χ0v) is 10.4. The lowest BCUT2D eigenvalue weighted by atomic mass is 10.3. The van der Waals surface area contributed by atoms with Gasteiger partial charge in [-0.2, -0.15) is 0 Å². The molecule has 5 heteroatoms. The van der Waals surface area contributed by atoms with E-state index >= 15 is 0 Å². The third-order valence-electron chi connectivity index (χ3n) is 1.50. The third-order valence-corrected chi connectivity index (χ3v) is 3.74. The second-order valence-corrected chi connectivity index (χ2v) is 5.67. The predicted octanol–water partition coefficient (Wildman–Crippen LogP) is 2.88. The van der Waals surface area contributed by atoms with Gasteiger partial charge in [0, 0.05) is 19.0 Å². The van der Waals surface area contributed by atoms with Gasteiger partial charge in [-0.15, -0.1) is 22.9 Å². The third kappa shape index (κ3) is 2.69. The number of nitrogens with zero attached hydrogens (tertiary/aromatic N) is 1. The zero-order chi connectivity index (χ0) is 10.0. The number of halogens is 2. The maximum Gasteiger partial charge on any atom is 0.245 e. The summed E-state index contributed by atoms with van der Waals surface area (Å²) >= 11 is 10.8. The molecule has 2 nitrogen and oxygen atoms in total. The summed E-state index contributed by atoms with van der Waals surface area (Å²) in [6.45, 7) is 0. The second-order valence-electron chi connectivity index (χ2n) is 2.74. The Morgan fingerprint density at radius 3 is 2.62 bits per heavy atom. The molecule has 1 amide bonds. The van der Waals surface area contributed by atoms with Crippen LogP contribution in [-0.2, 0) is 4.79 Å². The normalized spacial score (nSPS) is 12.6. The lowest BCUT2D eigenvalue weighted by molar-refractivity contribution is -0.128. The van der Waals surface area contributed by atoms with Crippen molar-refractivity contribution in [3.63, 3.8) is 0 Å². The van der Waals surface area contributed by atoms with Crippen LogP contribution in [0.2, 0.25) is 0 Å². The van der Waals surface area contributed by atoms with E-state index in [1.165, 1.54) is 16.2 Å². The molecular formula is C8H9BrClNOS. The predicted molar refractivity (Wildman–Crippen MR) is 59.3 cm³/mol. The van der Waals surface area contributed by atoms with Gasteiger partial charge in [-0.05, 0) is 28.1 Å². The van der Waals surface area contributed by atoms with Gasteiger partial charge in [-0.1, -0.05) is 0 Å². The molecule has 0 N–H and O–H groups in total. The highest BCUT2D eigenvalue weighted by molar-refractivity contribution is 9.11. The van der Waals surface area contributed by atoms with Crippen molar-refractivity contribution in [3.05, 3.63) is 20.8 Å². The summed E-state index contributed by atoms with van der Waals surface area (Å²) in [5, 5.41) is -0.564. The number of rotatable bonds is 2. The van der Waals surface area contributed by atoms with Crippen LogP contribution >= 0.6 is 38.9 Å². The Morgan fingerprint density at radius 2 is 2.23 bits per heavy atom. The topological polar surface area (TPSA) is 20.3 Å². The van der Waals surface area contributed by atoms with Crippen LogP contribution in [0.15, 0.2) is 15.9 Å². The van der Waals surface area contributed by atoms with Crippen LogP contribution < -0.4 is 0 Å². The van der Waals surface area contributed by atoms with Crippen molar-refractivity contribution in [2.45, 2.75) is 5.38 Å². The van der Waals surface area contributed by atoms with Gasteiger partial charge in [-0.25, -0.2) is 0 Å². The molecule has 1 heterocycles. The monoisotopic (exact) mass is 281 g/mol. The number of hydrogen-bond acceptors (Lipinski definition) is 2. The highest BCUT2D eigenvalue weighted by Gasteiger charge is 2.20. The zero-order valence-electron chi connectivity index (χ0n) is 7.25. The van der Waals surface area contributed by atoms with Crippen LogP contribution in [0.1, 0.15) is 10.3 Å². The van der Waals surface area contributed by atoms with Crippen molar-refractivity contribution in [2.24, 2.45) is 0 Å². The van der Waals surface area contributed by atoms with Gasteiger partial charge < -0.3 is 4.90 Å². The Kier molecular flexibility index (Phi) is 3.76. The minimum atomic E-state index is -0.564. The molecule has 1 unspecified atom stereocenters. The molecule has 13 heavy (non-hydrogen) atoms. The van der Waals surface area contributed by atoms with E-state index in [9.17, 15) is 4.79 Å². The first-order chi connectivity index (χ1) is 6.02. The summed E-state index contributed by atoms with van der Waals surface area (Å²) in [5.74, 6) is -0.0870. The van der Waals surface area contributed by atoms with E-state index in [0.717, 1.165) is 8.66 Å². The number of carbonyl (C=O) groups excluding carboxylic acids is 1. The molecule has 0 spiro atoms. The summed E-state index contributed by atoms with van der Waals surface area (Å²) in [6, 6.07) is 3.74. The first-order valence-corrected chi connectivity index (χ1v) is 5.67. The van der Waals surface area contributed by atoms with E-state index in [4.69, 9.17) is 11.6 Å². The molecule has 1 aromatic rings. The fraction of sp³-hybridized carbons (Fsp3) is 0.375. The second kappa shape index (κ2) is 4.44. The summed E-state index contributed by atoms with van der Waals surface area (Å²) in [6.07, 6.45) is 0. The largest absolute Gasteiger partial charge is 0.347 e. The quantitative estimate of drug-likeness (QED) is 0.764. The van der Waals surface area contributed by atoms with Crippen molar-refractivity contribution in [1.82, 2.24) is 4.90 Å². The van der Waals surface area contributed by atoms with Crippen molar-refractivity contribution < 1.29 is 4.79 Å². The lowest BCUT2D eigenvalue weighted by Gasteiger charge is -2.13. The first kappa shape index (κ1) is 11.0. The maximum absolute atomic E-state index is 11.4. The van der Waals surface area contributed by atoms with Crippen molar-refractivity contribution >= 4 is 44.8 Å². The average molecular weight is 283 g/mol. The number of alkyl halides is 1. The number of amides is 1. The van der Waals surface area contributed by atoms with E-state index < -0.39 is 5.38 Å². The molecule has 0 saturated heterocycles. The highest BCUT2D eigenvalue weighted by atomic mass is 79.9. The molecule has 0 bridgehead atoms. The number of carbonyl (C=O) groups is 1. The summed E-state index contributed by atoms with van der Waals surface area (Å²) < 4.78 is 0.986. The molecule has 1 aromatic heterocycles. The van der Waals surface area contributed by atoms with Crippen molar-refractivity contribution in [3.8, 4) is 0 Å². The van der Waals surface area contributed by atoms with Crippen LogP contribution in [0.25, 0.3) is 0 Å². The summed E-state index contributed by atoms with van der Waals surface area (Å²) in [5.41, 5.74) is 0. The molecule has 0 aliphatic rings. The Morgan fingerprint density at radius 1 is 1.62 bits per heavy atom. The SMILES string of the molecule is CN(C)C(=O)C(Cl)c1ccc(Br)s1. The Balaban J connectivity index is 2.79. The minimum absolute atomic E-state index is 0.0870. The number of hydrogen-bond donors (Lipinski definition) is 0. The van der Waals surface area contributed by atoms with E-state index in [1.807, 2.05) is 12.1 Å². The van der Waals surface area contributed by atoms with Crippen molar-refractivity contribution in [2.75, 3.05) is 14.1 Å². The van der Waals surface area contributed by atoms with Crippen molar-refractivity contribution in [1.29, 1.82) is 0 Å². The Bertz CT molecular complexity index is 313. The van der Waals surface area contributed by atoms with Gasteiger partial charge in [0.1, 0.15) is 5.38 Å². The smallest absolute Gasteiger partial charge is 0.245 e. The standard InChI is InChI=1S/C8H9BrClNOS/c1-11(2)8(12)7(10)5-3-4-6(9)13-5/h3-4,7H,1-2H3. The average Bonchev–Trinajstić information content (AvgIpc) is 2.49. The van der Waals surface area contributed by atoms with Gasteiger partial charge in [0.25, 0.3) is 0 Å². The molecule has 72 valence electrons. The highest BCUT2D eigenvalue weighted by Crippen LogP contribution is 2.31. The van der Waals surface area contributed by atoms with Gasteiger partial charge in [0.05, 0.1) is 3.79 Å². The summed E-state index contributed by atoms with van der Waals surface area (Å²) in [7, 11) is 3.39. The number of thiophene rings is 1. The molecule has 0 aliphatic heterocycles. The molecule has 1 atom stereocenters. The van der Waals surface area contributed by atoms with Crippen LogP contribution in [0.4, 0.5) is 0 Å². The van der Waals surface area contributed by atoms with Gasteiger partial charge in [0.2, 0.25) is 5.91 Å². The van der Waals surface area contributed by atoms with E-state index in [0.29, 0.717) is 0 Å². The minimum Gasteiger partial charge on any atom is -0.347 e. The molecule has 0 radical (unpaired) electrons. The van der Waals surface area contributed by atoms with E-state index in [1.54, 1.807) is 14.1 Å². The van der Waals surface area contributed by atoms with Gasteiger partial charge >= 0.3 is 0 Å². The molecular weight excluding hydrogens is 274 g/mol. The lowest BCUT2D eigenvalue weighted by Crippen LogP contribution is -2.25. The van der Waals surface area contributed by atoms with E-state index in [2.05, 4.69) is 15.9 Å². The Labute approximate surface area is 94.6 Å². The van der Waals surface area contributed by atoms with Gasteiger partial charge in [-0.3, -0.25) is 4.79 Å². The Hall–Kier alpha value is -0.0600. The van der Waals surface area contributed by atoms with Crippen LogP contribution in [0.3, 0.4) is 0 Å². The van der Waals surface area contributed by atoms with Crippen LogP contribution in [-0.4, -0.2) is 24.9 Å². The molecule has 0 aromatic carbocycles. The van der Waals surface area contributed by atoms with Crippen LogP contribution in [0, 0.1) is 0 Å².